The molecule has 6 nitrogen and oxygen atoms in total. The molecule has 2 N–H and O–H groups in total. The molecule has 2 aromatic rings. The van der Waals surface area contributed by atoms with Gasteiger partial charge in [-0.05, 0) is 50.4 Å². The predicted molar refractivity (Wildman–Crippen MR) is 127 cm³/mol. The van der Waals surface area contributed by atoms with Gasteiger partial charge >= 0.3 is 0 Å². The quantitative estimate of drug-likeness (QED) is 0.319. The number of aromatic nitrogens is 1. The molecule has 3 rings (SSSR count). The molecule has 1 unspecified atom stereocenters. The number of hydrogen-bond acceptors (Lipinski definition) is 5. The normalized spacial score (nSPS) is 15.7. The highest BCUT2D eigenvalue weighted by Crippen LogP contribution is 2.27. The minimum atomic E-state index is 0. The van der Waals surface area contributed by atoms with Gasteiger partial charge in [0.15, 0.2) is 5.96 Å². The van der Waals surface area contributed by atoms with Crippen molar-refractivity contribution in [3.63, 3.8) is 0 Å². The second kappa shape index (κ2) is 12.2. The largest absolute Gasteiger partial charge is 0.481 e. The van der Waals surface area contributed by atoms with Crippen molar-refractivity contribution in [1.82, 2.24) is 20.5 Å². The first-order valence-corrected chi connectivity index (χ1v) is 10.5. The van der Waals surface area contributed by atoms with E-state index < -0.39 is 0 Å². The van der Waals surface area contributed by atoms with Crippen LogP contribution in [0.4, 0.5) is 0 Å². The van der Waals surface area contributed by atoms with Gasteiger partial charge in [-0.25, -0.2) is 9.98 Å². The highest BCUT2D eigenvalue weighted by atomic mass is 127. The number of pyridine rings is 1. The molecule has 28 heavy (non-hydrogen) atoms. The molecule has 0 radical (unpaired) electrons. The third-order valence-electron chi connectivity index (χ3n) is 4.71. The van der Waals surface area contributed by atoms with E-state index in [1.54, 1.807) is 13.3 Å². The minimum Gasteiger partial charge on any atom is -0.481 e. The molecule has 1 aliphatic rings. The van der Waals surface area contributed by atoms with Crippen LogP contribution in [-0.2, 0) is 6.54 Å². The Morgan fingerprint density at radius 1 is 1.29 bits per heavy atom. The minimum absolute atomic E-state index is 0. The Kier molecular flexibility index (Phi) is 10.0. The average Bonchev–Trinajstić information content (AvgIpc) is 3.41. The lowest BCUT2D eigenvalue weighted by molar-refractivity contribution is 0.249. The summed E-state index contributed by atoms with van der Waals surface area (Å²) < 4.78 is 5.33. The summed E-state index contributed by atoms with van der Waals surface area (Å²) in [4.78, 5) is 13.0. The lowest BCUT2D eigenvalue weighted by atomic mass is 10.2. The van der Waals surface area contributed by atoms with E-state index in [4.69, 9.17) is 9.73 Å². The van der Waals surface area contributed by atoms with Crippen LogP contribution in [0.1, 0.15) is 36.2 Å². The summed E-state index contributed by atoms with van der Waals surface area (Å²) in [5.74, 6) is 1.45. The van der Waals surface area contributed by atoms with Gasteiger partial charge in [0.2, 0.25) is 5.88 Å². The lowest BCUT2D eigenvalue weighted by Gasteiger charge is -2.27. The van der Waals surface area contributed by atoms with Gasteiger partial charge in [0.05, 0.1) is 19.7 Å². The van der Waals surface area contributed by atoms with Crippen molar-refractivity contribution in [2.45, 2.75) is 32.4 Å². The lowest BCUT2D eigenvalue weighted by Crippen LogP contribution is -2.42. The van der Waals surface area contributed by atoms with Crippen LogP contribution in [0.2, 0.25) is 0 Å². The molecule has 1 atom stereocenters. The summed E-state index contributed by atoms with van der Waals surface area (Å²) in [5.41, 5.74) is 0.978. The SMILES string of the molecule is CCNC(=NCc1cccnc1OC)NCC(c1cccs1)N1CCCC1.I. The summed E-state index contributed by atoms with van der Waals surface area (Å²) in [7, 11) is 1.64. The maximum atomic E-state index is 5.33. The standard InChI is InChI=1S/C20H29N5OS.HI/c1-3-21-20(23-14-16-8-6-10-22-19(16)26-2)24-15-17(18-9-7-13-27-18)25-11-4-5-12-25;/h6-10,13,17H,3-5,11-12,14-15H2,1-2H3,(H2,21,23,24);1H. The van der Waals surface area contributed by atoms with Gasteiger partial charge in [-0.2, -0.15) is 0 Å². The number of aliphatic imine (C=N–C) groups is 1. The number of methoxy groups -OCH3 is 1. The zero-order chi connectivity index (χ0) is 18.9. The van der Waals surface area contributed by atoms with Gasteiger partial charge in [-0.15, -0.1) is 35.3 Å². The molecule has 0 bridgehead atoms. The summed E-state index contributed by atoms with van der Waals surface area (Å²) in [6.45, 7) is 6.62. The topological polar surface area (TPSA) is 61.8 Å². The number of nitrogens with one attached hydrogen (secondary N) is 2. The molecule has 0 amide bonds. The molecular formula is C20H30IN5OS. The van der Waals surface area contributed by atoms with Gasteiger partial charge in [0.1, 0.15) is 0 Å². The maximum Gasteiger partial charge on any atom is 0.218 e. The van der Waals surface area contributed by atoms with Crippen LogP contribution >= 0.6 is 35.3 Å². The first-order chi connectivity index (χ1) is 13.3. The van der Waals surface area contributed by atoms with Crippen LogP contribution in [0.25, 0.3) is 0 Å². The third kappa shape index (κ3) is 6.31. The molecule has 3 heterocycles. The number of ether oxygens (including phenoxy) is 1. The van der Waals surface area contributed by atoms with Crippen molar-refractivity contribution in [2.75, 3.05) is 33.3 Å². The Balaban J connectivity index is 0.00000280. The third-order valence-corrected chi connectivity index (χ3v) is 5.68. The van der Waals surface area contributed by atoms with E-state index in [0.29, 0.717) is 18.5 Å². The molecule has 1 aliphatic heterocycles. The number of rotatable bonds is 8. The van der Waals surface area contributed by atoms with Gasteiger partial charge in [0, 0.05) is 29.7 Å². The predicted octanol–water partition coefficient (Wildman–Crippen LogP) is 3.66. The van der Waals surface area contributed by atoms with Crippen molar-refractivity contribution in [2.24, 2.45) is 4.99 Å². The van der Waals surface area contributed by atoms with Crippen molar-refractivity contribution in [3.05, 3.63) is 46.3 Å². The molecule has 0 aliphatic carbocycles. The van der Waals surface area contributed by atoms with E-state index in [0.717, 1.165) is 24.6 Å². The van der Waals surface area contributed by atoms with E-state index in [1.807, 2.05) is 23.5 Å². The van der Waals surface area contributed by atoms with Gasteiger partial charge in [0.25, 0.3) is 0 Å². The average molecular weight is 515 g/mol. The van der Waals surface area contributed by atoms with E-state index in [9.17, 15) is 0 Å². The molecule has 0 spiro atoms. The first-order valence-electron chi connectivity index (χ1n) is 9.59. The van der Waals surface area contributed by atoms with E-state index in [2.05, 4.69) is 45.0 Å². The highest BCUT2D eigenvalue weighted by Gasteiger charge is 2.24. The first kappa shape index (κ1) is 22.9. The van der Waals surface area contributed by atoms with Crippen molar-refractivity contribution < 1.29 is 4.74 Å². The molecule has 2 aromatic heterocycles. The van der Waals surface area contributed by atoms with E-state index in [1.165, 1.54) is 30.8 Å². The molecule has 1 saturated heterocycles. The van der Waals surface area contributed by atoms with Crippen LogP contribution in [0.5, 0.6) is 5.88 Å². The van der Waals surface area contributed by atoms with E-state index >= 15 is 0 Å². The zero-order valence-corrected chi connectivity index (χ0v) is 19.7. The molecule has 0 saturated carbocycles. The van der Waals surface area contributed by atoms with Gasteiger partial charge < -0.3 is 15.4 Å². The summed E-state index contributed by atoms with van der Waals surface area (Å²) >= 11 is 1.83. The second-order valence-corrected chi connectivity index (χ2v) is 7.50. The van der Waals surface area contributed by atoms with Crippen molar-refractivity contribution in [3.8, 4) is 5.88 Å². The van der Waals surface area contributed by atoms with Crippen LogP contribution < -0.4 is 15.4 Å². The Hall–Kier alpha value is -1.39. The molecule has 1 fully saturated rings. The van der Waals surface area contributed by atoms with E-state index in [-0.39, 0.29) is 24.0 Å². The van der Waals surface area contributed by atoms with Crippen LogP contribution in [0, 0.1) is 0 Å². The fraction of sp³-hybridized carbons (Fsp3) is 0.500. The summed E-state index contributed by atoms with van der Waals surface area (Å²) in [6.07, 6.45) is 4.31. The highest BCUT2D eigenvalue weighted by molar-refractivity contribution is 14.0. The Morgan fingerprint density at radius 3 is 2.79 bits per heavy atom. The van der Waals surface area contributed by atoms with Crippen LogP contribution in [0.15, 0.2) is 40.8 Å². The fourth-order valence-electron chi connectivity index (χ4n) is 3.37. The molecule has 0 aromatic carbocycles. The Bertz CT molecular complexity index is 719. The number of thiophene rings is 1. The Morgan fingerprint density at radius 2 is 2.11 bits per heavy atom. The van der Waals surface area contributed by atoms with Gasteiger partial charge in [-0.1, -0.05) is 12.1 Å². The van der Waals surface area contributed by atoms with Crippen molar-refractivity contribution >= 4 is 41.3 Å². The number of hydrogen-bond donors (Lipinski definition) is 2. The number of nitrogens with zero attached hydrogens (tertiary/aromatic N) is 3. The van der Waals surface area contributed by atoms with Crippen LogP contribution in [-0.4, -0.2) is 49.1 Å². The summed E-state index contributed by atoms with van der Waals surface area (Å²) in [6, 6.07) is 8.67. The zero-order valence-electron chi connectivity index (χ0n) is 16.6. The van der Waals surface area contributed by atoms with Crippen molar-refractivity contribution in [1.29, 1.82) is 0 Å². The van der Waals surface area contributed by atoms with Gasteiger partial charge in [-0.3, -0.25) is 4.90 Å². The fourth-order valence-corrected chi connectivity index (χ4v) is 4.23. The molecular weight excluding hydrogens is 485 g/mol. The maximum absolute atomic E-state index is 5.33. The monoisotopic (exact) mass is 515 g/mol. The number of likely N-dealkylation sites (tertiary alicyclic amines) is 1. The number of halogens is 1. The second-order valence-electron chi connectivity index (χ2n) is 6.52. The molecule has 154 valence electrons. The van der Waals surface area contributed by atoms with Crippen LogP contribution in [0.3, 0.4) is 0 Å². The molecule has 8 heteroatoms. The summed E-state index contributed by atoms with van der Waals surface area (Å²) in [5, 5.41) is 9.04. The Labute approximate surface area is 188 Å². The number of guanidine groups is 1. The smallest absolute Gasteiger partial charge is 0.218 e.